The van der Waals surface area contributed by atoms with Gasteiger partial charge < -0.3 is 11.1 Å². The van der Waals surface area contributed by atoms with Gasteiger partial charge >= 0.3 is 0 Å². The number of carbonyl (C=O) groups excluding carboxylic acids is 3. The summed E-state index contributed by atoms with van der Waals surface area (Å²) in [5, 5.41) is 2.58. The molecule has 108 valence electrons. The van der Waals surface area contributed by atoms with Gasteiger partial charge in [0.2, 0.25) is 11.8 Å². The molecular weight excluding hydrogens is 256 g/mol. The van der Waals surface area contributed by atoms with Gasteiger partial charge in [-0.25, -0.2) is 0 Å². The Balaban J connectivity index is 2.50. The molecule has 1 rings (SSSR count). The average molecular weight is 276 g/mol. The minimum absolute atomic E-state index is 0.0496. The van der Waals surface area contributed by atoms with E-state index in [0.717, 1.165) is 5.56 Å². The van der Waals surface area contributed by atoms with Gasteiger partial charge in [-0.3, -0.25) is 14.4 Å². The lowest BCUT2D eigenvalue weighted by Crippen LogP contribution is -2.45. The van der Waals surface area contributed by atoms with Crippen LogP contribution in [0, 0.1) is 0 Å². The van der Waals surface area contributed by atoms with Gasteiger partial charge in [0, 0.05) is 12.8 Å². The molecule has 0 fully saturated rings. The first-order valence-corrected chi connectivity index (χ1v) is 6.67. The first kappa shape index (κ1) is 15.9. The van der Waals surface area contributed by atoms with Crippen LogP contribution >= 0.6 is 0 Å². The summed E-state index contributed by atoms with van der Waals surface area (Å²) in [6, 6.07) is 8.42. The number of primary amides is 1. The molecule has 20 heavy (non-hydrogen) atoms. The Labute approximate surface area is 118 Å². The fourth-order valence-electron chi connectivity index (χ4n) is 1.79. The van der Waals surface area contributed by atoms with Crippen LogP contribution in [0.2, 0.25) is 0 Å². The normalized spacial score (nSPS) is 11.7. The van der Waals surface area contributed by atoms with Gasteiger partial charge in [-0.2, -0.15) is 0 Å². The van der Waals surface area contributed by atoms with E-state index in [2.05, 4.69) is 5.32 Å². The number of Topliss-reactive ketones (excluding diaryl/α,β-unsaturated/α-hetero) is 1. The molecule has 0 aliphatic rings. The summed E-state index contributed by atoms with van der Waals surface area (Å²) < 4.78 is 0. The molecule has 0 unspecified atom stereocenters. The Kier molecular flexibility index (Phi) is 6.43. The van der Waals surface area contributed by atoms with Gasteiger partial charge in [-0.1, -0.05) is 37.3 Å². The maximum absolute atomic E-state index is 11.8. The highest BCUT2D eigenvalue weighted by molar-refractivity contribution is 5.88. The van der Waals surface area contributed by atoms with E-state index in [9.17, 15) is 14.4 Å². The molecule has 3 N–H and O–H groups in total. The maximum Gasteiger partial charge on any atom is 0.240 e. The lowest BCUT2D eigenvalue weighted by molar-refractivity contribution is -0.127. The third-order valence-electron chi connectivity index (χ3n) is 2.99. The second-order valence-corrected chi connectivity index (χ2v) is 4.62. The second kappa shape index (κ2) is 8.09. The zero-order valence-corrected chi connectivity index (χ0v) is 11.6. The molecule has 0 bridgehead atoms. The van der Waals surface area contributed by atoms with Crippen LogP contribution in [0.25, 0.3) is 0 Å². The third kappa shape index (κ3) is 5.65. The highest BCUT2D eigenvalue weighted by Crippen LogP contribution is 2.03. The average Bonchev–Trinajstić information content (AvgIpc) is 2.43. The third-order valence-corrected chi connectivity index (χ3v) is 2.99. The van der Waals surface area contributed by atoms with Gasteiger partial charge in [0.25, 0.3) is 0 Å². The van der Waals surface area contributed by atoms with Crippen LogP contribution < -0.4 is 11.1 Å². The first-order valence-electron chi connectivity index (χ1n) is 6.67. The van der Waals surface area contributed by atoms with Gasteiger partial charge in [0.15, 0.2) is 0 Å². The fraction of sp³-hybridized carbons (Fsp3) is 0.400. The molecule has 0 aromatic heterocycles. The van der Waals surface area contributed by atoms with E-state index in [0.29, 0.717) is 6.42 Å². The molecular formula is C15H20N2O3. The van der Waals surface area contributed by atoms with Gasteiger partial charge in [0.1, 0.15) is 11.8 Å². The quantitative estimate of drug-likeness (QED) is 0.741. The van der Waals surface area contributed by atoms with Crippen LogP contribution in [0.15, 0.2) is 30.3 Å². The number of hydrogen-bond acceptors (Lipinski definition) is 3. The van der Waals surface area contributed by atoms with Crippen LogP contribution in [-0.2, 0) is 20.8 Å². The molecule has 1 atom stereocenters. The molecule has 0 saturated heterocycles. The van der Waals surface area contributed by atoms with E-state index < -0.39 is 11.9 Å². The maximum atomic E-state index is 11.8. The molecule has 1 aromatic rings. The molecule has 5 nitrogen and oxygen atoms in total. The van der Waals surface area contributed by atoms with Crippen LogP contribution in [0.3, 0.4) is 0 Å². The Hall–Kier alpha value is -2.17. The van der Waals surface area contributed by atoms with E-state index in [4.69, 9.17) is 5.73 Å². The van der Waals surface area contributed by atoms with Crippen molar-refractivity contribution in [2.75, 3.05) is 0 Å². The second-order valence-electron chi connectivity index (χ2n) is 4.62. The topological polar surface area (TPSA) is 89.3 Å². The predicted molar refractivity (Wildman–Crippen MR) is 75.8 cm³/mol. The predicted octanol–water partition coefficient (Wildman–Crippen LogP) is 0.959. The number of benzene rings is 1. The van der Waals surface area contributed by atoms with Crippen molar-refractivity contribution >= 4 is 17.6 Å². The Morgan fingerprint density at radius 2 is 1.85 bits per heavy atom. The highest BCUT2D eigenvalue weighted by Gasteiger charge is 2.18. The van der Waals surface area contributed by atoms with Crippen molar-refractivity contribution in [3.8, 4) is 0 Å². The van der Waals surface area contributed by atoms with E-state index in [1.54, 1.807) is 6.92 Å². The zero-order valence-electron chi connectivity index (χ0n) is 11.6. The van der Waals surface area contributed by atoms with Gasteiger partial charge in [0.05, 0.1) is 6.42 Å². The van der Waals surface area contributed by atoms with Gasteiger partial charge in [-0.05, 0) is 12.0 Å². The lowest BCUT2D eigenvalue weighted by Gasteiger charge is -2.15. The molecule has 0 heterocycles. The summed E-state index contributed by atoms with van der Waals surface area (Å²) >= 11 is 0. The van der Waals surface area contributed by atoms with E-state index in [-0.39, 0.29) is 31.0 Å². The van der Waals surface area contributed by atoms with Gasteiger partial charge in [-0.15, -0.1) is 0 Å². The van der Waals surface area contributed by atoms with Crippen molar-refractivity contribution in [3.63, 3.8) is 0 Å². The number of ketones is 1. The van der Waals surface area contributed by atoms with Crippen molar-refractivity contribution in [3.05, 3.63) is 35.9 Å². The molecule has 5 heteroatoms. The highest BCUT2D eigenvalue weighted by atomic mass is 16.2. The Bertz CT molecular complexity index is 471. The van der Waals surface area contributed by atoms with Crippen LogP contribution in [0.5, 0.6) is 0 Å². The smallest absolute Gasteiger partial charge is 0.240 e. The molecule has 0 aliphatic heterocycles. The minimum Gasteiger partial charge on any atom is -0.368 e. The standard InChI is InChI=1S/C15H20N2O3/c1-2-12(18)8-9-13(15(16)20)17-14(19)10-11-6-4-3-5-7-11/h3-7,13H,2,8-10H2,1H3,(H2,16,20)(H,17,19)/t13-/m0/s1. The summed E-state index contributed by atoms with van der Waals surface area (Å²) in [6.07, 6.45) is 1.11. The fourth-order valence-corrected chi connectivity index (χ4v) is 1.79. The number of rotatable bonds is 8. The van der Waals surface area contributed by atoms with Crippen LogP contribution in [0.4, 0.5) is 0 Å². The first-order chi connectivity index (χ1) is 9.52. The summed E-state index contributed by atoms with van der Waals surface area (Å²) in [5.74, 6) is -0.840. The Morgan fingerprint density at radius 3 is 2.40 bits per heavy atom. The molecule has 0 radical (unpaired) electrons. The van der Waals surface area contributed by atoms with Crippen molar-refractivity contribution in [2.24, 2.45) is 5.73 Å². The largest absolute Gasteiger partial charge is 0.368 e. The van der Waals surface area contributed by atoms with Crippen LogP contribution in [0.1, 0.15) is 31.7 Å². The monoisotopic (exact) mass is 276 g/mol. The number of carbonyl (C=O) groups is 3. The number of hydrogen-bond donors (Lipinski definition) is 2. The number of nitrogens with two attached hydrogens (primary N) is 1. The van der Waals surface area contributed by atoms with E-state index >= 15 is 0 Å². The molecule has 0 aliphatic carbocycles. The zero-order chi connectivity index (χ0) is 15.0. The van der Waals surface area contributed by atoms with E-state index in [1.165, 1.54) is 0 Å². The molecule has 0 saturated carbocycles. The van der Waals surface area contributed by atoms with Crippen molar-refractivity contribution in [1.29, 1.82) is 0 Å². The lowest BCUT2D eigenvalue weighted by atomic mass is 10.1. The minimum atomic E-state index is -0.790. The van der Waals surface area contributed by atoms with E-state index in [1.807, 2.05) is 30.3 Å². The number of nitrogens with one attached hydrogen (secondary N) is 1. The Morgan fingerprint density at radius 1 is 1.20 bits per heavy atom. The van der Waals surface area contributed by atoms with Crippen molar-refractivity contribution in [1.82, 2.24) is 5.32 Å². The van der Waals surface area contributed by atoms with Crippen molar-refractivity contribution in [2.45, 2.75) is 38.6 Å². The SMILES string of the molecule is CCC(=O)CC[C@H](NC(=O)Cc1ccccc1)C(N)=O. The summed E-state index contributed by atoms with van der Waals surface area (Å²) in [5.41, 5.74) is 6.10. The molecule has 0 spiro atoms. The molecule has 2 amide bonds. The molecule has 1 aromatic carbocycles. The van der Waals surface area contributed by atoms with Crippen LogP contribution in [-0.4, -0.2) is 23.6 Å². The summed E-state index contributed by atoms with van der Waals surface area (Å²) in [4.78, 5) is 34.4. The summed E-state index contributed by atoms with van der Waals surface area (Å²) in [6.45, 7) is 1.76. The number of amides is 2. The van der Waals surface area contributed by atoms with Crippen molar-refractivity contribution < 1.29 is 14.4 Å². The summed E-state index contributed by atoms with van der Waals surface area (Å²) in [7, 11) is 0.